The Bertz CT molecular complexity index is 1250. The van der Waals surface area contributed by atoms with Gasteiger partial charge in [-0.2, -0.15) is 0 Å². The first-order chi connectivity index (χ1) is 15.6. The summed E-state index contributed by atoms with van der Waals surface area (Å²) in [5.41, 5.74) is 4.19. The van der Waals surface area contributed by atoms with Gasteiger partial charge in [0.25, 0.3) is 0 Å². The van der Waals surface area contributed by atoms with Crippen molar-refractivity contribution in [1.82, 2.24) is 25.1 Å². The van der Waals surface area contributed by atoms with Gasteiger partial charge in [0.05, 0.1) is 5.25 Å². The van der Waals surface area contributed by atoms with Crippen molar-refractivity contribution < 1.29 is 4.79 Å². The molecule has 5 rings (SSSR count). The fourth-order valence-corrected chi connectivity index (χ4v) is 5.25. The molecule has 2 aromatic carbocycles. The van der Waals surface area contributed by atoms with E-state index in [1.165, 1.54) is 24.6 Å². The Hall–Kier alpha value is -3.06. The van der Waals surface area contributed by atoms with E-state index in [9.17, 15) is 4.79 Å². The summed E-state index contributed by atoms with van der Waals surface area (Å²) < 4.78 is 2.06. The van der Waals surface area contributed by atoms with E-state index in [0.29, 0.717) is 11.2 Å². The van der Waals surface area contributed by atoms with Crippen molar-refractivity contribution in [3.05, 3.63) is 60.3 Å². The van der Waals surface area contributed by atoms with E-state index in [0.717, 1.165) is 46.4 Å². The Morgan fingerprint density at radius 3 is 2.78 bits per heavy atom. The van der Waals surface area contributed by atoms with Gasteiger partial charge >= 0.3 is 0 Å². The fourth-order valence-electron chi connectivity index (χ4n) is 4.38. The molecule has 1 fully saturated rings. The summed E-state index contributed by atoms with van der Waals surface area (Å²) >= 11 is 1.45. The van der Waals surface area contributed by atoms with E-state index in [2.05, 4.69) is 62.3 Å². The predicted octanol–water partition coefficient (Wildman–Crippen LogP) is 5.26. The Balaban J connectivity index is 1.52. The monoisotopic (exact) mass is 445 g/mol. The third kappa shape index (κ3) is 4.05. The molecule has 1 amide bonds. The number of H-pyrrole nitrogens is 1. The van der Waals surface area contributed by atoms with Crippen LogP contribution >= 0.6 is 11.8 Å². The number of nitrogens with one attached hydrogen (secondary N) is 2. The number of nitrogens with zero attached hydrogens (tertiary/aromatic N) is 3. The third-order valence-electron chi connectivity index (χ3n) is 6.08. The highest BCUT2D eigenvalue weighted by Crippen LogP contribution is 2.34. The summed E-state index contributed by atoms with van der Waals surface area (Å²) in [6.45, 7) is 4.01. The van der Waals surface area contributed by atoms with Crippen molar-refractivity contribution in [1.29, 1.82) is 0 Å². The van der Waals surface area contributed by atoms with Crippen LogP contribution in [0, 0.1) is 6.92 Å². The molecule has 4 aromatic rings. The number of aromatic amines is 1. The lowest BCUT2D eigenvalue weighted by Gasteiger charge is -2.17. The first kappa shape index (κ1) is 20.8. The van der Waals surface area contributed by atoms with E-state index in [-0.39, 0.29) is 11.2 Å². The first-order valence-electron chi connectivity index (χ1n) is 11.2. The second-order valence-electron chi connectivity index (χ2n) is 8.48. The van der Waals surface area contributed by atoms with Crippen LogP contribution in [0.15, 0.2) is 59.9 Å². The zero-order valence-corrected chi connectivity index (χ0v) is 19.2. The smallest absolute Gasteiger partial charge is 0.233 e. The topological polar surface area (TPSA) is 75.6 Å². The summed E-state index contributed by atoms with van der Waals surface area (Å²) in [4.78, 5) is 16.2. The minimum Gasteiger partial charge on any atom is -0.360 e. The molecule has 2 aromatic heterocycles. The molecule has 1 saturated carbocycles. The molecular weight excluding hydrogens is 418 g/mol. The van der Waals surface area contributed by atoms with Crippen LogP contribution in [0.2, 0.25) is 0 Å². The summed E-state index contributed by atoms with van der Waals surface area (Å²) in [6.07, 6.45) is 6.52. The van der Waals surface area contributed by atoms with Crippen LogP contribution in [0.5, 0.6) is 0 Å². The standard InChI is InChI=1S/C25H27N5OS/c1-16-8-7-11-19(14-16)30-23(21-15-26-22-13-6-5-12-20(21)22)28-29-25(30)32-17(2)24(31)27-18-9-3-4-10-18/h5-8,11-15,17-18,26H,3-4,9-10H2,1-2H3,(H,27,31). The van der Waals surface area contributed by atoms with Crippen molar-refractivity contribution in [3.63, 3.8) is 0 Å². The van der Waals surface area contributed by atoms with Gasteiger partial charge in [-0.1, -0.05) is 54.9 Å². The molecule has 1 unspecified atom stereocenters. The second-order valence-corrected chi connectivity index (χ2v) is 9.79. The maximum atomic E-state index is 12.8. The van der Waals surface area contributed by atoms with Gasteiger partial charge < -0.3 is 10.3 Å². The molecule has 2 heterocycles. The van der Waals surface area contributed by atoms with Gasteiger partial charge in [-0.15, -0.1) is 10.2 Å². The molecule has 0 aliphatic heterocycles. The van der Waals surface area contributed by atoms with E-state index in [1.54, 1.807) is 0 Å². The number of para-hydroxylation sites is 1. The molecule has 6 nitrogen and oxygen atoms in total. The van der Waals surface area contributed by atoms with E-state index < -0.39 is 0 Å². The number of hydrogen-bond acceptors (Lipinski definition) is 4. The number of fused-ring (bicyclic) bond motifs is 1. The Morgan fingerprint density at radius 2 is 1.97 bits per heavy atom. The number of amides is 1. The average Bonchev–Trinajstić information content (AvgIpc) is 3.53. The van der Waals surface area contributed by atoms with Crippen LogP contribution in [0.1, 0.15) is 38.2 Å². The van der Waals surface area contributed by atoms with E-state index in [4.69, 9.17) is 0 Å². The summed E-state index contributed by atoms with van der Waals surface area (Å²) in [7, 11) is 0. The van der Waals surface area contributed by atoms with Gasteiger partial charge in [-0.25, -0.2) is 0 Å². The van der Waals surface area contributed by atoms with Gasteiger partial charge in [-0.3, -0.25) is 9.36 Å². The quantitative estimate of drug-likeness (QED) is 0.397. The maximum Gasteiger partial charge on any atom is 0.233 e. The van der Waals surface area contributed by atoms with E-state index in [1.807, 2.05) is 31.3 Å². The summed E-state index contributed by atoms with van der Waals surface area (Å²) in [5, 5.41) is 13.8. The highest BCUT2D eigenvalue weighted by molar-refractivity contribution is 8.00. The molecule has 1 atom stereocenters. The lowest BCUT2D eigenvalue weighted by atomic mass is 10.1. The minimum atomic E-state index is -0.265. The molecule has 0 bridgehead atoms. The number of aryl methyl sites for hydroxylation is 1. The normalized spacial score (nSPS) is 15.3. The van der Waals surface area contributed by atoms with Crippen molar-refractivity contribution in [2.45, 2.75) is 56.0 Å². The molecule has 1 aliphatic rings. The molecule has 2 N–H and O–H groups in total. The van der Waals surface area contributed by atoms with Gasteiger partial charge in [0.2, 0.25) is 5.91 Å². The van der Waals surface area contributed by atoms with E-state index >= 15 is 0 Å². The summed E-state index contributed by atoms with van der Waals surface area (Å²) in [6, 6.07) is 16.8. The molecule has 32 heavy (non-hydrogen) atoms. The Morgan fingerprint density at radius 1 is 1.16 bits per heavy atom. The molecule has 1 aliphatic carbocycles. The van der Waals surface area contributed by atoms with Gasteiger partial charge in [0, 0.05) is 34.4 Å². The van der Waals surface area contributed by atoms with Crippen molar-refractivity contribution >= 4 is 28.6 Å². The van der Waals surface area contributed by atoms with Crippen molar-refractivity contribution in [2.75, 3.05) is 0 Å². The summed E-state index contributed by atoms with van der Waals surface area (Å²) in [5.74, 6) is 0.827. The highest BCUT2D eigenvalue weighted by Gasteiger charge is 2.25. The molecule has 0 radical (unpaired) electrons. The molecule has 0 saturated heterocycles. The molecule has 7 heteroatoms. The van der Waals surface area contributed by atoms with Crippen LogP contribution in [-0.4, -0.2) is 36.9 Å². The number of thioether (sulfide) groups is 1. The van der Waals surface area contributed by atoms with Gasteiger partial charge in [0.1, 0.15) is 0 Å². The van der Waals surface area contributed by atoms with Crippen LogP contribution in [0.25, 0.3) is 28.0 Å². The van der Waals surface area contributed by atoms with Crippen molar-refractivity contribution in [2.24, 2.45) is 0 Å². The number of aromatic nitrogens is 4. The van der Waals surface area contributed by atoms with Crippen LogP contribution < -0.4 is 5.32 Å². The predicted molar refractivity (Wildman–Crippen MR) is 129 cm³/mol. The molecule has 0 spiro atoms. The SMILES string of the molecule is Cc1cccc(-n2c(SC(C)C(=O)NC3CCCC3)nnc2-c2c[nH]c3ccccc23)c1. The zero-order chi connectivity index (χ0) is 22.1. The largest absolute Gasteiger partial charge is 0.360 e. The first-order valence-corrected chi connectivity index (χ1v) is 12.0. The van der Waals surface area contributed by atoms with Crippen LogP contribution in [0.4, 0.5) is 0 Å². The zero-order valence-electron chi connectivity index (χ0n) is 18.3. The number of rotatable bonds is 6. The van der Waals surface area contributed by atoms with Gasteiger partial charge in [0.15, 0.2) is 11.0 Å². The fraction of sp³-hybridized carbons (Fsp3) is 0.320. The average molecular weight is 446 g/mol. The number of carbonyl (C=O) groups excluding carboxylic acids is 1. The van der Waals surface area contributed by atoms with Crippen LogP contribution in [-0.2, 0) is 4.79 Å². The maximum absolute atomic E-state index is 12.8. The van der Waals surface area contributed by atoms with Gasteiger partial charge in [-0.05, 0) is 50.5 Å². The molecule has 164 valence electrons. The molecular formula is C25H27N5OS. The second kappa shape index (κ2) is 8.82. The third-order valence-corrected chi connectivity index (χ3v) is 7.12. The highest BCUT2D eigenvalue weighted by atomic mass is 32.2. The Kier molecular flexibility index (Phi) is 5.74. The number of hydrogen-bond donors (Lipinski definition) is 2. The minimum absolute atomic E-state index is 0.0642. The number of carbonyl (C=O) groups is 1. The number of benzene rings is 2. The lowest BCUT2D eigenvalue weighted by Crippen LogP contribution is -2.37. The van der Waals surface area contributed by atoms with Crippen LogP contribution in [0.3, 0.4) is 0 Å². The Labute approximate surface area is 191 Å². The van der Waals surface area contributed by atoms with Crippen molar-refractivity contribution in [3.8, 4) is 17.1 Å². The lowest BCUT2D eigenvalue weighted by molar-refractivity contribution is -0.120.